The van der Waals surface area contributed by atoms with Crippen molar-refractivity contribution in [1.29, 1.82) is 0 Å². The van der Waals surface area contributed by atoms with Gasteiger partial charge in [0.15, 0.2) is 5.96 Å². The Morgan fingerprint density at radius 3 is 2.46 bits per heavy atom. The van der Waals surface area contributed by atoms with Gasteiger partial charge in [0.25, 0.3) is 0 Å². The smallest absolute Gasteiger partial charge is 0.238 e. The van der Waals surface area contributed by atoms with E-state index in [0.29, 0.717) is 19.0 Å². The maximum Gasteiger partial charge on any atom is 0.238 e. The van der Waals surface area contributed by atoms with E-state index in [1.165, 1.54) is 12.1 Å². The van der Waals surface area contributed by atoms with Crippen molar-refractivity contribution in [3.05, 3.63) is 45.9 Å². The van der Waals surface area contributed by atoms with Gasteiger partial charge in [-0.3, -0.25) is 0 Å². The molecule has 156 valence electrons. The van der Waals surface area contributed by atoms with Crippen LogP contribution in [0.4, 0.5) is 0 Å². The van der Waals surface area contributed by atoms with Crippen LogP contribution < -0.4 is 15.8 Å². The molecule has 0 unspecified atom stereocenters. The average Bonchev–Trinajstić information content (AvgIpc) is 3.09. The van der Waals surface area contributed by atoms with Crippen molar-refractivity contribution in [2.75, 3.05) is 13.1 Å². The maximum atomic E-state index is 11.3. The first-order valence-corrected chi connectivity index (χ1v) is 11.3. The number of aliphatic imine (C=N–C) groups is 1. The fraction of sp³-hybridized carbons (Fsp3) is 0.444. The summed E-state index contributed by atoms with van der Waals surface area (Å²) in [5.41, 5.74) is 2.12. The number of nitrogens with one attached hydrogen (secondary N) is 2. The molecule has 1 aromatic carbocycles. The minimum Gasteiger partial charge on any atom is -0.357 e. The molecule has 0 aliphatic carbocycles. The van der Waals surface area contributed by atoms with Crippen molar-refractivity contribution in [3.8, 4) is 0 Å². The fourth-order valence-corrected chi connectivity index (χ4v) is 3.72. The molecule has 1 heterocycles. The van der Waals surface area contributed by atoms with Gasteiger partial charge in [0.1, 0.15) is 5.01 Å². The van der Waals surface area contributed by atoms with Gasteiger partial charge in [-0.1, -0.05) is 26.0 Å². The third-order valence-electron chi connectivity index (χ3n) is 3.84. The van der Waals surface area contributed by atoms with Gasteiger partial charge in [-0.2, -0.15) is 0 Å². The number of hydrogen-bond acceptors (Lipinski definition) is 5. The molecule has 10 heteroatoms. The molecule has 0 saturated heterocycles. The van der Waals surface area contributed by atoms with Crippen LogP contribution in [-0.2, 0) is 23.0 Å². The fourth-order valence-electron chi connectivity index (χ4n) is 2.32. The number of rotatable bonds is 8. The van der Waals surface area contributed by atoms with Gasteiger partial charge in [-0.15, -0.1) is 35.3 Å². The Kier molecular flexibility index (Phi) is 10.4. The third kappa shape index (κ3) is 8.02. The van der Waals surface area contributed by atoms with Crippen LogP contribution in [0.5, 0.6) is 0 Å². The molecule has 0 saturated carbocycles. The minimum absolute atomic E-state index is 0. The van der Waals surface area contributed by atoms with Crippen LogP contribution in [0, 0.1) is 0 Å². The molecule has 0 radical (unpaired) electrons. The Morgan fingerprint density at radius 1 is 1.25 bits per heavy atom. The van der Waals surface area contributed by atoms with Gasteiger partial charge < -0.3 is 10.6 Å². The molecule has 28 heavy (non-hydrogen) atoms. The van der Waals surface area contributed by atoms with E-state index in [2.05, 4.69) is 39.8 Å². The summed E-state index contributed by atoms with van der Waals surface area (Å²) in [7, 11) is -3.65. The molecule has 0 aliphatic rings. The van der Waals surface area contributed by atoms with E-state index in [1.807, 2.05) is 6.92 Å². The van der Waals surface area contributed by atoms with Crippen molar-refractivity contribution in [2.45, 2.75) is 44.6 Å². The van der Waals surface area contributed by atoms with Gasteiger partial charge in [0.05, 0.1) is 17.1 Å². The van der Waals surface area contributed by atoms with Crippen LogP contribution in [0.3, 0.4) is 0 Å². The van der Waals surface area contributed by atoms with Gasteiger partial charge in [-0.05, 0) is 37.0 Å². The van der Waals surface area contributed by atoms with Crippen molar-refractivity contribution in [3.63, 3.8) is 0 Å². The molecule has 0 atom stereocenters. The van der Waals surface area contributed by atoms with Crippen molar-refractivity contribution in [1.82, 2.24) is 15.6 Å². The normalized spacial score (nSPS) is 12.0. The largest absolute Gasteiger partial charge is 0.357 e. The highest BCUT2D eigenvalue weighted by Gasteiger charge is 2.07. The number of aromatic nitrogens is 1. The summed E-state index contributed by atoms with van der Waals surface area (Å²) >= 11 is 1.63. The van der Waals surface area contributed by atoms with E-state index in [4.69, 9.17) is 5.14 Å². The zero-order valence-corrected chi connectivity index (χ0v) is 20.3. The zero-order chi connectivity index (χ0) is 19.9. The predicted octanol–water partition coefficient (Wildman–Crippen LogP) is 2.83. The number of primary sulfonamides is 1. The highest BCUT2D eigenvalue weighted by atomic mass is 127. The summed E-state index contributed by atoms with van der Waals surface area (Å²) in [5.74, 6) is 1.16. The number of guanidine groups is 1. The molecular formula is C18H28IN5O2S2. The summed E-state index contributed by atoms with van der Waals surface area (Å²) in [5, 5.41) is 14.7. The highest BCUT2D eigenvalue weighted by Crippen LogP contribution is 2.18. The van der Waals surface area contributed by atoms with E-state index in [9.17, 15) is 8.42 Å². The SMILES string of the molecule is CCNC(=NCc1nc(C(C)C)cs1)NCCc1ccc(S(N)(=O)=O)cc1.I. The first-order valence-electron chi connectivity index (χ1n) is 8.87. The number of thiazole rings is 1. The summed E-state index contributed by atoms with van der Waals surface area (Å²) < 4.78 is 22.6. The topological polar surface area (TPSA) is 109 Å². The Bertz CT molecular complexity index is 864. The predicted molar refractivity (Wildman–Crippen MR) is 126 cm³/mol. The van der Waals surface area contributed by atoms with E-state index in [1.54, 1.807) is 23.5 Å². The summed E-state index contributed by atoms with van der Waals surface area (Å²) in [4.78, 5) is 9.30. The second kappa shape index (κ2) is 11.7. The van der Waals surface area contributed by atoms with Gasteiger partial charge in [0.2, 0.25) is 10.0 Å². The van der Waals surface area contributed by atoms with Crippen LogP contribution >= 0.6 is 35.3 Å². The lowest BCUT2D eigenvalue weighted by Gasteiger charge is -2.11. The summed E-state index contributed by atoms with van der Waals surface area (Å²) in [6.45, 7) is 8.26. The van der Waals surface area contributed by atoms with Crippen molar-refractivity contribution in [2.24, 2.45) is 10.1 Å². The molecule has 2 aromatic rings. The van der Waals surface area contributed by atoms with Crippen LogP contribution in [0.1, 0.15) is 43.0 Å². The van der Waals surface area contributed by atoms with E-state index in [-0.39, 0.29) is 28.9 Å². The summed E-state index contributed by atoms with van der Waals surface area (Å²) in [6.07, 6.45) is 0.740. The zero-order valence-electron chi connectivity index (χ0n) is 16.3. The molecular weight excluding hydrogens is 509 g/mol. The lowest BCUT2D eigenvalue weighted by Crippen LogP contribution is -2.38. The molecule has 7 nitrogen and oxygen atoms in total. The average molecular weight is 537 g/mol. The molecule has 0 aliphatic heterocycles. The maximum absolute atomic E-state index is 11.3. The first kappa shape index (κ1) is 24.8. The van der Waals surface area contributed by atoms with E-state index >= 15 is 0 Å². The molecule has 0 spiro atoms. The van der Waals surface area contributed by atoms with Crippen molar-refractivity contribution < 1.29 is 8.42 Å². The molecule has 0 amide bonds. The monoisotopic (exact) mass is 537 g/mol. The Balaban J connectivity index is 0.00000392. The second-order valence-corrected chi connectivity index (χ2v) is 8.89. The highest BCUT2D eigenvalue weighted by molar-refractivity contribution is 14.0. The Morgan fingerprint density at radius 2 is 1.93 bits per heavy atom. The molecule has 1 aromatic heterocycles. The number of halogens is 1. The van der Waals surface area contributed by atoms with Crippen LogP contribution in [0.15, 0.2) is 39.5 Å². The van der Waals surface area contributed by atoms with Crippen LogP contribution in [-0.4, -0.2) is 32.5 Å². The molecule has 0 bridgehead atoms. The first-order chi connectivity index (χ1) is 12.8. The summed E-state index contributed by atoms with van der Waals surface area (Å²) in [6, 6.07) is 6.60. The third-order valence-corrected chi connectivity index (χ3v) is 5.62. The second-order valence-electron chi connectivity index (χ2n) is 6.38. The number of nitrogens with zero attached hydrogens (tertiary/aromatic N) is 2. The number of hydrogen-bond donors (Lipinski definition) is 3. The van der Waals surface area contributed by atoms with Crippen LogP contribution in [0.2, 0.25) is 0 Å². The Labute approximate surface area is 188 Å². The van der Waals surface area contributed by atoms with E-state index in [0.717, 1.165) is 35.2 Å². The standard InChI is InChI=1S/C18H27N5O2S2.HI/c1-4-20-18(22-11-17-23-16(12-26-17)13(2)3)21-10-9-14-5-7-15(8-6-14)27(19,24)25;/h5-8,12-13H,4,9-11H2,1-3H3,(H2,19,24,25)(H2,20,21,22);1H. The minimum atomic E-state index is -3.65. The quantitative estimate of drug-likeness (QED) is 0.273. The molecule has 2 rings (SSSR count). The Hall–Kier alpha value is -1.24. The number of nitrogens with two attached hydrogens (primary N) is 1. The number of sulfonamides is 1. The lowest BCUT2D eigenvalue weighted by molar-refractivity contribution is 0.598. The van der Waals surface area contributed by atoms with Gasteiger partial charge in [-0.25, -0.2) is 23.5 Å². The number of benzene rings is 1. The van der Waals surface area contributed by atoms with Crippen molar-refractivity contribution >= 4 is 51.3 Å². The van der Waals surface area contributed by atoms with Gasteiger partial charge in [0, 0.05) is 18.5 Å². The van der Waals surface area contributed by atoms with Crippen LogP contribution in [0.25, 0.3) is 0 Å². The van der Waals surface area contributed by atoms with Gasteiger partial charge >= 0.3 is 0 Å². The molecule has 4 N–H and O–H groups in total. The van der Waals surface area contributed by atoms with E-state index < -0.39 is 10.0 Å². The lowest BCUT2D eigenvalue weighted by atomic mass is 10.1. The molecule has 0 fully saturated rings.